The first-order valence-corrected chi connectivity index (χ1v) is 13.6. The Bertz CT molecular complexity index is 1480. The van der Waals surface area contributed by atoms with Crippen LogP contribution >= 0.6 is 23.2 Å². The fraction of sp³-hybridized carbons (Fsp3) is 0.200. The minimum atomic E-state index is -1.01. The number of halogens is 2. The third kappa shape index (κ3) is 6.96. The van der Waals surface area contributed by atoms with E-state index in [4.69, 9.17) is 37.7 Å². The lowest BCUT2D eigenvalue weighted by Crippen LogP contribution is -2.45. The van der Waals surface area contributed by atoms with Crippen LogP contribution in [0.2, 0.25) is 10.0 Å². The SMILES string of the molecule is O=C(OCc1ccccc1)Oc1nc(-c2ccc(Cl)cc2)c(-c2ccc(Cl)cc2)nc1C(=O)NN1CCCCC1. The van der Waals surface area contributed by atoms with Crippen LogP contribution in [0.15, 0.2) is 78.9 Å². The lowest BCUT2D eigenvalue weighted by atomic mass is 10.0. The second-order valence-corrected chi connectivity index (χ2v) is 10.1. The number of amides is 1. The zero-order valence-electron chi connectivity index (χ0n) is 21.5. The summed E-state index contributed by atoms with van der Waals surface area (Å²) in [4.78, 5) is 35.6. The summed E-state index contributed by atoms with van der Waals surface area (Å²) in [6, 6.07) is 23.2. The van der Waals surface area contributed by atoms with Crippen LogP contribution in [0.1, 0.15) is 35.3 Å². The number of hydrazine groups is 1. The molecule has 1 aromatic heterocycles. The van der Waals surface area contributed by atoms with Crippen molar-refractivity contribution >= 4 is 35.3 Å². The topological polar surface area (TPSA) is 93.6 Å². The number of nitrogens with one attached hydrogen (secondary N) is 1. The van der Waals surface area contributed by atoms with Crippen molar-refractivity contribution in [2.75, 3.05) is 13.1 Å². The van der Waals surface area contributed by atoms with E-state index >= 15 is 0 Å². The molecule has 1 amide bonds. The average molecular weight is 577 g/mol. The molecule has 0 radical (unpaired) electrons. The van der Waals surface area contributed by atoms with Gasteiger partial charge in [-0.3, -0.25) is 10.2 Å². The van der Waals surface area contributed by atoms with Crippen molar-refractivity contribution in [3.05, 3.63) is 100 Å². The van der Waals surface area contributed by atoms with Crippen molar-refractivity contribution in [2.45, 2.75) is 25.9 Å². The maximum atomic E-state index is 13.5. The lowest BCUT2D eigenvalue weighted by Gasteiger charge is -2.26. The van der Waals surface area contributed by atoms with Gasteiger partial charge in [-0.15, -0.1) is 0 Å². The number of nitrogens with zero attached hydrogens (tertiary/aromatic N) is 3. The summed E-state index contributed by atoms with van der Waals surface area (Å²) in [5.41, 5.74) is 5.65. The highest BCUT2D eigenvalue weighted by Crippen LogP contribution is 2.33. The molecule has 5 rings (SSSR count). The Morgan fingerprint density at radius 1 is 0.775 bits per heavy atom. The number of carbonyl (C=O) groups is 2. The molecule has 8 nitrogen and oxygen atoms in total. The number of carbonyl (C=O) groups excluding carboxylic acids is 2. The summed E-state index contributed by atoms with van der Waals surface area (Å²) >= 11 is 12.3. The number of benzene rings is 3. The van der Waals surface area contributed by atoms with Gasteiger partial charge in [0.25, 0.3) is 11.8 Å². The van der Waals surface area contributed by atoms with Crippen LogP contribution in [-0.4, -0.2) is 40.1 Å². The molecule has 40 heavy (non-hydrogen) atoms. The van der Waals surface area contributed by atoms with E-state index in [1.807, 2.05) is 35.3 Å². The Morgan fingerprint density at radius 3 is 1.95 bits per heavy atom. The van der Waals surface area contributed by atoms with Gasteiger partial charge in [0.05, 0.1) is 5.69 Å². The molecule has 4 aromatic rings. The summed E-state index contributed by atoms with van der Waals surface area (Å²) in [5, 5.41) is 2.93. The number of hydrogen-bond donors (Lipinski definition) is 1. The molecule has 1 saturated heterocycles. The predicted molar refractivity (Wildman–Crippen MR) is 153 cm³/mol. The molecule has 0 spiro atoms. The Labute approximate surface area is 241 Å². The van der Waals surface area contributed by atoms with Crippen LogP contribution in [-0.2, 0) is 11.3 Å². The van der Waals surface area contributed by atoms with E-state index < -0.39 is 12.1 Å². The van der Waals surface area contributed by atoms with Gasteiger partial charge in [0.1, 0.15) is 12.3 Å². The lowest BCUT2D eigenvalue weighted by molar-refractivity contribution is 0.0732. The summed E-state index contributed by atoms with van der Waals surface area (Å²) < 4.78 is 10.8. The van der Waals surface area contributed by atoms with Gasteiger partial charge in [-0.2, -0.15) is 0 Å². The highest BCUT2D eigenvalue weighted by molar-refractivity contribution is 6.31. The van der Waals surface area contributed by atoms with Crippen molar-refractivity contribution in [1.29, 1.82) is 0 Å². The maximum Gasteiger partial charge on any atom is 0.515 e. The maximum absolute atomic E-state index is 13.5. The van der Waals surface area contributed by atoms with Crippen LogP contribution in [0.5, 0.6) is 5.88 Å². The van der Waals surface area contributed by atoms with Crippen LogP contribution in [0, 0.1) is 0 Å². The molecular formula is C30H26Cl2N4O4. The first-order chi connectivity index (χ1) is 19.5. The molecule has 204 valence electrons. The van der Waals surface area contributed by atoms with Crippen LogP contribution in [0.25, 0.3) is 22.5 Å². The summed E-state index contributed by atoms with van der Waals surface area (Å²) in [6.07, 6.45) is 2.02. The first kappa shape index (κ1) is 27.6. The van der Waals surface area contributed by atoms with Crippen molar-refractivity contribution in [1.82, 2.24) is 20.4 Å². The Hall–Kier alpha value is -3.98. The first-order valence-electron chi connectivity index (χ1n) is 12.8. The van der Waals surface area contributed by atoms with Crippen LogP contribution < -0.4 is 10.2 Å². The van der Waals surface area contributed by atoms with E-state index in [0.29, 0.717) is 45.6 Å². The zero-order valence-corrected chi connectivity index (χ0v) is 23.0. The van der Waals surface area contributed by atoms with E-state index in [2.05, 4.69) is 10.4 Å². The molecule has 1 aliphatic rings. The van der Waals surface area contributed by atoms with Gasteiger partial charge in [-0.05, 0) is 42.7 Å². The average Bonchev–Trinajstić information content (AvgIpc) is 2.98. The minimum Gasteiger partial charge on any atom is -0.429 e. The molecule has 3 aromatic carbocycles. The van der Waals surface area contributed by atoms with Crippen molar-refractivity contribution < 1.29 is 19.1 Å². The molecule has 0 atom stereocenters. The molecule has 0 bridgehead atoms. The Balaban J connectivity index is 1.54. The summed E-state index contributed by atoms with van der Waals surface area (Å²) in [6.45, 7) is 1.41. The smallest absolute Gasteiger partial charge is 0.429 e. The number of hydrogen-bond acceptors (Lipinski definition) is 7. The van der Waals surface area contributed by atoms with E-state index in [-0.39, 0.29) is 18.2 Å². The van der Waals surface area contributed by atoms with Gasteiger partial charge in [0, 0.05) is 34.3 Å². The quantitative estimate of drug-likeness (QED) is 0.237. The standard InChI is InChI=1S/C30H26Cl2N4O4/c31-23-13-9-21(10-14-23)25-26(22-11-15-24(32)16-12-22)34-29(40-30(38)39-19-20-7-3-1-4-8-20)27(33-25)28(37)35-36-17-5-2-6-18-36/h1,3-4,7-16H,2,5-6,17-19H2,(H,35,37). The predicted octanol–water partition coefficient (Wildman–Crippen LogP) is 6.96. The highest BCUT2D eigenvalue weighted by Gasteiger charge is 2.26. The molecule has 1 N–H and O–H groups in total. The molecule has 1 aliphatic heterocycles. The highest BCUT2D eigenvalue weighted by atomic mass is 35.5. The number of rotatable bonds is 7. The normalized spacial score (nSPS) is 13.4. The molecule has 0 aliphatic carbocycles. The monoisotopic (exact) mass is 576 g/mol. The molecular weight excluding hydrogens is 551 g/mol. The molecule has 1 fully saturated rings. The van der Waals surface area contributed by atoms with E-state index in [1.165, 1.54) is 0 Å². The van der Waals surface area contributed by atoms with Gasteiger partial charge in [-0.25, -0.2) is 19.8 Å². The van der Waals surface area contributed by atoms with E-state index in [9.17, 15) is 9.59 Å². The number of piperidine rings is 1. The third-order valence-electron chi connectivity index (χ3n) is 6.31. The van der Waals surface area contributed by atoms with Gasteiger partial charge in [0.2, 0.25) is 0 Å². The fourth-order valence-electron chi connectivity index (χ4n) is 4.28. The van der Waals surface area contributed by atoms with Gasteiger partial charge < -0.3 is 9.47 Å². The number of aromatic nitrogens is 2. The molecule has 2 heterocycles. The van der Waals surface area contributed by atoms with Gasteiger partial charge >= 0.3 is 6.16 Å². The second-order valence-electron chi connectivity index (χ2n) is 9.20. The number of ether oxygens (including phenoxy) is 2. The molecule has 10 heteroatoms. The zero-order chi connectivity index (χ0) is 27.9. The Kier molecular flexibility index (Phi) is 8.91. The van der Waals surface area contributed by atoms with Gasteiger partial charge in [0.15, 0.2) is 5.69 Å². The van der Waals surface area contributed by atoms with Crippen LogP contribution in [0.3, 0.4) is 0 Å². The minimum absolute atomic E-state index is 0.00465. The van der Waals surface area contributed by atoms with Crippen molar-refractivity contribution in [3.8, 4) is 28.4 Å². The van der Waals surface area contributed by atoms with E-state index in [0.717, 1.165) is 24.8 Å². The van der Waals surface area contributed by atoms with Crippen molar-refractivity contribution in [3.63, 3.8) is 0 Å². The molecule has 0 unspecified atom stereocenters. The molecule has 0 saturated carbocycles. The van der Waals surface area contributed by atoms with E-state index in [1.54, 1.807) is 48.5 Å². The second kappa shape index (κ2) is 12.9. The third-order valence-corrected chi connectivity index (χ3v) is 6.81. The van der Waals surface area contributed by atoms with Crippen molar-refractivity contribution in [2.24, 2.45) is 0 Å². The summed E-state index contributed by atoms with van der Waals surface area (Å²) in [7, 11) is 0. The fourth-order valence-corrected chi connectivity index (χ4v) is 4.54. The Morgan fingerprint density at radius 2 is 1.35 bits per heavy atom. The summed E-state index contributed by atoms with van der Waals surface area (Å²) in [5.74, 6) is -0.812. The largest absolute Gasteiger partial charge is 0.515 e. The van der Waals surface area contributed by atoms with Gasteiger partial charge in [-0.1, -0.05) is 84.2 Å². The van der Waals surface area contributed by atoms with Crippen LogP contribution in [0.4, 0.5) is 4.79 Å².